The molecule has 0 saturated heterocycles. The Kier molecular flexibility index (Phi) is 8.41. The third-order valence-corrected chi connectivity index (χ3v) is 3.21. The number of nitrogens with two attached hydrogens (primary N) is 1. The number of guanidine groups is 1. The number of rotatable bonds is 7. The van der Waals surface area contributed by atoms with Crippen LogP contribution in [0.15, 0.2) is 29.3 Å². The summed E-state index contributed by atoms with van der Waals surface area (Å²) in [6.45, 7) is 7.11. The Balaban J connectivity index is 2.28. The number of alkyl carbamates (subject to hydrolysis) is 1. The van der Waals surface area contributed by atoms with Crippen molar-refractivity contribution in [1.29, 1.82) is 0 Å². The molecule has 0 aromatic heterocycles. The number of carbonyl (C=O) groups excluding carboxylic acids is 2. The fourth-order valence-electron chi connectivity index (χ4n) is 2.04. The van der Waals surface area contributed by atoms with Crippen LogP contribution in [0.5, 0.6) is 0 Å². The first-order valence-corrected chi connectivity index (χ1v) is 8.51. The molecular weight excluding hydrogens is 334 g/mol. The topological polar surface area (TPSA) is 118 Å². The Hall–Kier alpha value is -2.77. The minimum absolute atomic E-state index is 0.422. The Labute approximate surface area is 154 Å². The van der Waals surface area contributed by atoms with Gasteiger partial charge in [0.1, 0.15) is 5.60 Å². The quantitative estimate of drug-likeness (QED) is 0.331. The average molecular weight is 363 g/mol. The molecule has 0 aliphatic rings. The molecule has 26 heavy (non-hydrogen) atoms. The van der Waals surface area contributed by atoms with Gasteiger partial charge in [0.05, 0.1) is 0 Å². The van der Waals surface area contributed by atoms with Crippen LogP contribution in [0.3, 0.4) is 0 Å². The first-order valence-electron chi connectivity index (χ1n) is 8.51. The van der Waals surface area contributed by atoms with E-state index in [1.54, 1.807) is 25.2 Å². The van der Waals surface area contributed by atoms with Crippen LogP contribution in [0.1, 0.15) is 43.1 Å². The molecule has 1 aromatic carbocycles. The van der Waals surface area contributed by atoms with Crippen LogP contribution in [0, 0.1) is 0 Å². The Morgan fingerprint density at radius 1 is 1.15 bits per heavy atom. The van der Waals surface area contributed by atoms with Crippen molar-refractivity contribution in [2.45, 2.75) is 39.3 Å². The van der Waals surface area contributed by atoms with Crippen molar-refractivity contribution in [3.63, 3.8) is 0 Å². The molecular formula is C18H29N5O3. The molecule has 0 unspecified atom stereocenters. The molecule has 0 fully saturated rings. The highest BCUT2D eigenvalue weighted by atomic mass is 16.6. The summed E-state index contributed by atoms with van der Waals surface area (Å²) in [6.07, 6.45) is 0.297. The van der Waals surface area contributed by atoms with E-state index < -0.39 is 17.6 Å². The molecule has 1 aromatic rings. The van der Waals surface area contributed by atoms with E-state index in [0.717, 1.165) is 12.0 Å². The lowest BCUT2D eigenvalue weighted by atomic mass is 10.1. The third kappa shape index (κ3) is 8.91. The number of aliphatic imine (C=N–C) groups is 1. The number of amides is 2. The molecule has 0 aliphatic heterocycles. The van der Waals surface area contributed by atoms with Crippen LogP contribution >= 0.6 is 0 Å². The van der Waals surface area contributed by atoms with Crippen LogP contribution in [0.25, 0.3) is 0 Å². The molecule has 2 amide bonds. The zero-order chi connectivity index (χ0) is 19.6. The van der Waals surface area contributed by atoms with E-state index >= 15 is 0 Å². The van der Waals surface area contributed by atoms with Gasteiger partial charge in [-0.3, -0.25) is 9.79 Å². The Bertz CT molecular complexity index is 638. The van der Waals surface area contributed by atoms with Gasteiger partial charge < -0.3 is 26.4 Å². The van der Waals surface area contributed by atoms with Crippen LogP contribution in [-0.4, -0.2) is 43.7 Å². The number of nitrogens with zero attached hydrogens (tertiary/aromatic N) is 1. The van der Waals surface area contributed by atoms with E-state index in [-0.39, 0.29) is 0 Å². The van der Waals surface area contributed by atoms with Crippen molar-refractivity contribution in [2.24, 2.45) is 10.7 Å². The summed E-state index contributed by atoms with van der Waals surface area (Å²) in [5.74, 6) is 0.179. The highest BCUT2D eigenvalue weighted by molar-refractivity contribution is 5.92. The van der Waals surface area contributed by atoms with E-state index in [9.17, 15) is 9.59 Å². The first-order chi connectivity index (χ1) is 12.2. The first kappa shape index (κ1) is 21.3. The molecule has 0 heterocycles. The summed E-state index contributed by atoms with van der Waals surface area (Å²) in [7, 11) is 1.67. The van der Waals surface area contributed by atoms with E-state index in [1.807, 2.05) is 26.8 Å². The van der Waals surface area contributed by atoms with E-state index in [4.69, 9.17) is 10.5 Å². The highest BCUT2D eigenvalue weighted by Gasteiger charge is 2.15. The molecule has 0 aliphatic carbocycles. The van der Waals surface area contributed by atoms with Crippen LogP contribution in [-0.2, 0) is 11.3 Å². The summed E-state index contributed by atoms with van der Waals surface area (Å²) in [6, 6.07) is 7.11. The second kappa shape index (κ2) is 10.3. The lowest BCUT2D eigenvalue weighted by Gasteiger charge is -2.19. The van der Waals surface area contributed by atoms with Crippen LogP contribution in [0.4, 0.5) is 4.79 Å². The summed E-state index contributed by atoms with van der Waals surface area (Å²) in [4.78, 5) is 26.9. The van der Waals surface area contributed by atoms with Crippen molar-refractivity contribution >= 4 is 18.0 Å². The maximum Gasteiger partial charge on any atom is 0.407 e. The number of primary amides is 1. The zero-order valence-corrected chi connectivity index (χ0v) is 15.9. The largest absolute Gasteiger partial charge is 0.444 e. The van der Waals surface area contributed by atoms with Gasteiger partial charge in [0.2, 0.25) is 5.91 Å². The SMILES string of the molecule is CN=C(NCCCNC(=O)OC(C)(C)C)NCc1cccc(C(N)=O)c1. The smallest absolute Gasteiger partial charge is 0.407 e. The predicted octanol–water partition coefficient (Wildman–Crippen LogP) is 1.37. The number of hydrogen-bond acceptors (Lipinski definition) is 4. The van der Waals surface area contributed by atoms with Gasteiger partial charge >= 0.3 is 6.09 Å². The van der Waals surface area contributed by atoms with Crippen molar-refractivity contribution in [1.82, 2.24) is 16.0 Å². The van der Waals surface area contributed by atoms with Crippen LogP contribution in [0.2, 0.25) is 0 Å². The Morgan fingerprint density at radius 2 is 1.85 bits per heavy atom. The second-order valence-electron chi connectivity index (χ2n) is 6.70. The van der Waals surface area contributed by atoms with Gasteiger partial charge in [-0.25, -0.2) is 4.79 Å². The number of nitrogens with one attached hydrogen (secondary N) is 3. The summed E-state index contributed by atoms with van der Waals surface area (Å²) in [5, 5.41) is 9.01. The minimum atomic E-state index is -0.500. The third-order valence-electron chi connectivity index (χ3n) is 3.21. The maximum absolute atomic E-state index is 11.5. The maximum atomic E-state index is 11.5. The Morgan fingerprint density at radius 3 is 2.46 bits per heavy atom. The lowest BCUT2D eigenvalue weighted by Crippen LogP contribution is -2.39. The van der Waals surface area contributed by atoms with Gasteiger partial charge in [-0.05, 0) is 44.9 Å². The molecule has 8 heteroatoms. The fourth-order valence-corrected chi connectivity index (χ4v) is 2.04. The molecule has 8 nitrogen and oxygen atoms in total. The van der Waals surface area contributed by atoms with E-state index in [0.29, 0.717) is 31.2 Å². The van der Waals surface area contributed by atoms with Gasteiger partial charge in [-0.15, -0.1) is 0 Å². The predicted molar refractivity (Wildman–Crippen MR) is 102 cm³/mol. The molecule has 144 valence electrons. The lowest BCUT2D eigenvalue weighted by molar-refractivity contribution is 0.0527. The monoisotopic (exact) mass is 363 g/mol. The summed E-state index contributed by atoms with van der Waals surface area (Å²) >= 11 is 0. The van der Waals surface area contributed by atoms with Gasteiger partial charge in [-0.1, -0.05) is 12.1 Å². The van der Waals surface area contributed by atoms with Crippen molar-refractivity contribution in [3.05, 3.63) is 35.4 Å². The van der Waals surface area contributed by atoms with Gasteiger partial charge in [0.15, 0.2) is 5.96 Å². The standard InChI is InChI=1S/C18H29N5O3/c1-18(2,3)26-17(25)22-10-6-9-21-16(20-4)23-12-13-7-5-8-14(11-13)15(19)24/h5,7-8,11H,6,9-10,12H2,1-4H3,(H2,19,24)(H,22,25)(H2,20,21,23). The second-order valence-corrected chi connectivity index (χ2v) is 6.70. The van der Waals surface area contributed by atoms with Gasteiger partial charge in [0, 0.05) is 32.2 Å². The molecule has 0 spiro atoms. The molecule has 0 radical (unpaired) electrons. The molecule has 1 rings (SSSR count). The minimum Gasteiger partial charge on any atom is -0.444 e. The molecule has 0 saturated carbocycles. The number of hydrogen-bond donors (Lipinski definition) is 4. The fraction of sp³-hybridized carbons (Fsp3) is 0.500. The zero-order valence-electron chi connectivity index (χ0n) is 15.9. The summed E-state index contributed by atoms with van der Waals surface area (Å²) in [5.41, 5.74) is 6.18. The van der Waals surface area contributed by atoms with Crippen molar-refractivity contribution in [2.75, 3.05) is 20.1 Å². The number of benzene rings is 1. The van der Waals surface area contributed by atoms with Crippen LogP contribution < -0.4 is 21.7 Å². The van der Waals surface area contributed by atoms with E-state index in [2.05, 4.69) is 20.9 Å². The molecule has 0 atom stereocenters. The average Bonchev–Trinajstić information content (AvgIpc) is 2.56. The van der Waals surface area contributed by atoms with Gasteiger partial charge in [0.25, 0.3) is 0 Å². The normalized spacial score (nSPS) is 11.6. The number of ether oxygens (including phenoxy) is 1. The van der Waals surface area contributed by atoms with E-state index in [1.165, 1.54) is 0 Å². The molecule has 0 bridgehead atoms. The van der Waals surface area contributed by atoms with Crippen molar-refractivity contribution in [3.8, 4) is 0 Å². The summed E-state index contributed by atoms with van der Waals surface area (Å²) < 4.78 is 5.16. The number of carbonyl (C=O) groups is 2. The highest BCUT2D eigenvalue weighted by Crippen LogP contribution is 2.06. The molecule has 5 N–H and O–H groups in total. The van der Waals surface area contributed by atoms with Gasteiger partial charge in [-0.2, -0.15) is 0 Å². The van der Waals surface area contributed by atoms with Crippen molar-refractivity contribution < 1.29 is 14.3 Å².